The van der Waals surface area contributed by atoms with Crippen molar-refractivity contribution in [3.8, 4) is 0 Å². The highest BCUT2D eigenvalue weighted by Crippen LogP contribution is 2.35. The molecule has 1 heterocycles. The average Bonchev–Trinajstić information content (AvgIpc) is 3.13. The lowest BCUT2D eigenvalue weighted by atomic mass is 9.96. The molecule has 3 aromatic rings. The third-order valence-corrected chi connectivity index (χ3v) is 4.38. The number of benzene rings is 3. The summed E-state index contributed by atoms with van der Waals surface area (Å²) in [6.45, 7) is 0. The van der Waals surface area contributed by atoms with E-state index in [-0.39, 0.29) is 0 Å². The number of aliphatic imine (C=N–C) groups is 1. The Morgan fingerprint density at radius 3 is 2.48 bits per heavy atom. The highest BCUT2D eigenvalue weighted by atomic mass is 16.5. The van der Waals surface area contributed by atoms with Crippen molar-refractivity contribution in [1.82, 2.24) is 0 Å². The van der Waals surface area contributed by atoms with Crippen molar-refractivity contribution in [1.29, 1.82) is 0 Å². The molecule has 4 heteroatoms. The van der Waals surface area contributed by atoms with Gasteiger partial charge in [-0.3, -0.25) is 0 Å². The lowest BCUT2D eigenvalue weighted by Crippen LogP contribution is -2.25. The average molecular weight is 331 g/mol. The number of methoxy groups -OCH3 is 1. The first-order valence-electron chi connectivity index (χ1n) is 8.13. The number of fused-ring (bicyclic) bond motifs is 1. The number of rotatable bonds is 3. The number of nitrogens with zero attached hydrogens (tertiary/aromatic N) is 1. The van der Waals surface area contributed by atoms with Crippen LogP contribution in [-0.4, -0.2) is 25.0 Å². The lowest BCUT2D eigenvalue weighted by Gasteiger charge is -2.18. The first kappa shape index (κ1) is 15.4. The summed E-state index contributed by atoms with van der Waals surface area (Å²) >= 11 is 0. The van der Waals surface area contributed by atoms with Gasteiger partial charge in [-0.15, -0.1) is 0 Å². The summed E-state index contributed by atoms with van der Waals surface area (Å²) in [6, 6.07) is 22.9. The molecule has 0 amide bonds. The fourth-order valence-electron chi connectivity index (χ4n) is 3.16. The molecule has 0 unspecified atom stereocenters. The second-order valence-corrected chi connectivity index (χ2v) is 5.88. The molecule has 1 aliphatic heterocycles. The minimum absolute atomic E-state index is 0.399. The summed E-state index contributed by atoms with van der Waals surface area (Å²) in [4.78, 5) is 16.8. The predicted octanol–water partition coefficient (Wildman–Crippen LogP) is 3.90. The number of carbonyl (C=O) groups excluding carboxylic acids is 1. The molecule has 4 nitrogen and oxygen atoms in total. The molecule has 3 aromatic carbocycles. The van der Waals surface area contributed by atoms with Crippen LogP contribution in [0.1, 0.15) is 17.2 Å². The van der Waals surface area contributed by atoms with E-state index in [1.807, 2.05) is 72.8 Å². The largest absolute Gasteiger partial charge is 0.467 e. The molecule has 25 heavy (non-hydrogen) atoms. The highest BCUT2D eigenvalue weighted by molar-refractivity contribution is 5.99. The van der Waals surface area contributed by atoms with Gasteiger partial charge < -0.3 is 9.47 Å². The third-order valence-electron chi connectivity index (χ3n) is 4.38. The molecule has 0 aromatic heterocycles. The molecule has 2 atom stereocenters. The van der Waals surface area contributed by atoms with Gasteiger partial charge in [0.25, 0.3) is 0 Å². The maximum Gasteiger partial charge on any atom is 0.335 e. The van der Waals surface area contributed by atoms with Gasteiger partial charge in [0.05, 0.1) is 7.11 Å². The topological polar surface area (TPSA) is 47.9 Å². The second-order valence-electron chi connectivity index (χ2n) is 5.88. The summed E-state index contributed by atoms with van der Waals surface area (Å²) in [6.07, 6.45) is -0.506. The molecule has 0 aliphatic carbocycles. The molecule has 0 N–H and O–H groups in total. The Morgan fingerprint density at radius 1 is 0.960 bits per heavy atom. The van der Waals surface area contributed by atoms with Crippen molar-refractivity contribution in [2.24, 2.45) is 4.99 Å². The molecule has 0 saturated heterocycles. The summed E-state index contributed by atoms with van der Waals surface area (Å²) in [5.74, 6) is 0.0674. The number of esters is 1. The van der Waals surface area contributed by atoms with Gasteiger partial charge in [0.1, 0.15) is 0 Å². The van der Waals surface area contributed by atoms with Gasteiger partial charge in [-0.05, 0) is 22.9 Å². The quantitative estimate of drug-likeness (QED) is 0.684. The Labute approximate surface area is 145 Å². The zero-order valence-corrected chi connectivity index (χ0v) is 13.8. The fourth-order valence-corrected chi connectivity index (χ4v) is 3.16. The van der Waals surface area contributed by atoms with Crippen molar-refractivity contribution in [3.05, 3.63) is 83.9 Å². The zero-order valence-electron chi connectivity index (χ0n) is 13.8. The van der Waals surface area contributed by atoms with Crippen LogP contribution in [0.2, 0.25) is 0 Å². The maximum absolute atomic E-state index is 12.3. The second kappa shape index (κ2) is 6.40. The van der Waals surface area contributed by atoms with Crippen LogP contribution in [0.5, 0.6) is 0 Å². The monoisotopic (exact) mass is 331 g/mol. The van der Waals surface area contributed by atoms with Crippen LogP contribution in [0.4, 0.5) is 0 Å². The Morgan fingerprint density at radius 2 is 1.68 bits per heavy atom. The first-order valence-corrected chi connectivity index (χ1v) is 8.13. The zero-order chi connectivity index (χ0) is 17.2. The Hall–Kier alpha value is -3.14. The summed E-state index contributed by atoms with van der Waals surface area (Å²) < 4.78 is 11.1. The number of hydrogen-bond acceptors (Lipinski definition) is 4. The van der Waals surface area contributed by atoms with Crippen molar-refractivity contribution < 1.29 is 14.3 Å². The number of ether oxygens (including phenoxy) is 2. The fraction of sp³-hybridized carbons (Fsp3) is 0.143. The van der Waals surface area contributed by atoms with Gasteiger partial charge in [-0.25, -0.2) is 9.79 Å². The molecular formula is C21H17NO3. The van der Waals surface area contributed by atoms with Crippen LogP contribution < -0.4 is 0 Å². The standard InChI is InChI=1S/C21H17NO3/c1-24-21(23)18-19(25-20(22-18)15-9-3-2-4-10-15)17-13-7-11-14-8-5-6-12-16(14)17/h2-13,18-19H,1H3/t18-,19+/m1/s1. The Bertz CT molecular complexity index is 944. The summed E-state index contributed by atoms with van der Waals surface area (Å²) in [5, 5.41) is 2.15. The minimum atomic E-state index is -0.717. The van der Waals surface area contributed by atoms with E-state index in [0.717, 1.165) is 21.9 Å². The summed E-state index contributed by atoms with van der Waals surface area (Å²) in [5.41, 5.74) is 1.78. The predicted molar refractivity (Wildman–Crippen MR) is 96.6 cm³/mol. The van der Waals surface area contributed by atoms with Gasteiger partial charge in [0, 0.05) is 11.1 Å². The minimum Gasteiger partial charge on any atom is -0.467 e. The van der Waals surface area contributed by atoms with Crippen LogP contribution in [0.3, 0.4) is 0 Å². The van der Waals surface area contributed by atoms with Crippen LogP contribution in [0, 0.1) is 0 Å². The smallest absolute Gasteiger partial charge is 0.335 e. The molecule has 4 rings (SSSR count). The van der Waals surface area contributed by atoms with Crippen molar-refractivity contribution >= 4 is 22.6 Å². The molecule has 1 aliphatic rings. The van der Waals surface area contributed by atoms with Gasteiger partial charge in [0.2, 0.25) is 5.90 Å². The van der Waals surface area contributed by atoms with Crippen LogP contribution in [0.25, 0.3) is 10.8 Å². The van der Waals surface area contributed by atoms with E-state index in [4.69, 9.17) is 9.47 Å². The third kappa shape index (κ3) is 2.76. The van der Waals surface area contributed by atoms with E-state index >= 15 is 0 Å². The first-order chi connectivity index (χ1) is 12.3. The molecule has 0 saturated carbocycles. The molecule has 0 fully saturated rings. The van der Waals surface area contributed by atoms with E-state index in [2.05, 4.69) is 4.99 Å². The van der Waals surface area contributed by atoms with Gasteiger partial charge >= 0.3 is 5.97 Å². The van der Waals surface area contributed by atoms with E-state index in [1.165, 1.54) is 7.11 Å². The maximum atomic E-state index is 12.3. The van der Waals surface area contributed by atoms with Crippen molar-refractivity contribution in [3.63, 3.8) is 0 Å². The van der Waals surface area contributed by atoms with E-state index in [9.17, 15) is 4.79 Å². The molecule has 0 spiro atoms. The number of hydrogen-bond donors (Lipinski definition) is 0. The SMILES string of the molecule is COC(=O)[C@@H]1N=C(c2ccccc2)O[C@H]1c1cccc2ccccc12. The number of carbonyl (C=O) groups is 1. The van der Waals surface area contributed by atoms with Crippen LogP contribution in [0.15, 0.2) is 77.8 Å². The van der Waals surface area contributed by atoms with Crippen molar-refractivity contribution in [2.45, 2.75) is 12.1 Å². The van der Waals surface area contributed by atoms with E-state index < -0.39 is 18.1 Å². The summed E-state index contributed by atoms with van der Waals surface area (Å²) in [7, 11) is 1.37. The lowest BCUT2D eigenvalue weighted by molar-refractivity contribution is -0.143. The van der Waals surface area contributed by atoms with Crippen LogP contribution >= 0.6 is 0 Å². The molecular weight excluding hydrogens is 314 g/mol. The van der Waals surface area contributed by atoms with E-state index in [1.54, 1.807) is 0 Å². The Balaban J connectivity index is 1.79. The van der Waals surface area contributed by atoms with E-state index in [0.29, 0.717) is 5.90 Å². The molecule has 0 radical (unpaired) electrons. The molecule has 0 bridgehead atoms. The Kier molecular flexibility index (Phi) is 3.94. The molecule has 124 valence electrons. The van der Waals surface area contributed by atoms with Crippen molar-refractivity contribution in [2.75, 3.05) is 7.11 Å². The van der Waals surface area contributed by atoms with Gasteiger partial charge in [-0.1, -0.05) is 60.7 Å². The van der Waals surface area contributed by atoms with Crippen LogP contribution in [-0.2, 0) is 14.3 Å². The normalized spacial score (nSPS) is 19.3. The highest BCUT2D eigenvalue weighted by Gasteiger charge is 2.39. The van der Waals surface area contributed by atoms with Gasteiger partial charge in [0.15, 0.2) is 12.1 Å². The van der Waals surface area contributed by atoms with Gasteiger partial charge in [-0.2, -0.15) is 0 Å².